The standard InChI is InChI=1S/C13H21N3O4S/c1-5-10-14-15-13(21-7-11(17)18)16(10)9(6-8(2)3)12(19)20-4/h8-9H,5-7H2,1-4H3,(H,17,18). The van der Waals surface area contributed by atoms with Gasteiger partial charge in [0.25, 0.3) is 0 Å². The first kappa shape index (κ1) is 17.5. The van der Waals surface area contributed by atoms with Crippen LogP contribution < -0.4 is 0 Å². The molecule has 0 aliphatic carbocycles. The second-order valence-electron chi connectivity index (χ2n) is 4.97. The van der Waals surface area contributed by atoms with Crippen molar-refractivity contribution in [1.82, 2.24) is 14.8 Å². The maximum absolute atomic E-state index is 12.1. The molecule has 0 bridgehead atoms. The molecule has 0 spiro atoms. The molecule has 0 radical (unpaired) electrons. The molecule has 0 saturated heterocycles. The first-order valence-corrected chi connectivity index (χ1v) is 7.75. The molecule has 7 nitrogen and oxygen atoms in total. The molecule has 1 aromatic heterocycles. The van der Waals surface area contributed by atoms with Crippen LogP contribution in [0.1, 0.15) is 39.1 Å². The monoisotopic (exact) mass is 315 g/mol. The molecule has 0 aliphatic rings. The van der Waals surface area contributed by atoms with E-state index < -0.39 is 12.0 Å². The fourth-order valence-corrected chi connectivity index (χ4v) is 2.70. The van der Waals surface area contributed by atoms with Gasteiger partial charge in [-0.15, -0.1) is 10.2 Å². The Morgan fingerprint density at radius 3 is 2.52 bits per heavy atom. The largest absolute Gasteiger partial charge is 0.481 e. The van der Waals surface area contributed by atoms with Crippen molar-refractivity contribution in [2.45, 2.75) is 44.8 Å². The Kier molecular flexibility index (Phi) is 6.67. The van der Waals surface area contributed by atoms with Gasteiger partial charge in [0.05, 0.1) is 12.9 Å². The maximum Gasteiger partial charge on any atom is 0.328 e. The molecule has 1 atom stereocenters. The number of carboxylic acids is 1. The van der Waals surface area contributed by atoms with Crippen LogP contribution in [0.25, 0.3) is 0 Å². The number of esters is 1. The van der Waals surface area contributed by atoms with Gasteiger partial charge in [-0.05, 0) is 12.3 Å². The fraction of sp³-hybridized carbons (Fsp3) is 0.692. The predicted octanol–water partition coefficient (Wildman–Crippen LogP) is 1.78. The number of hydrogen-bond acceptors (Lipinski definition) is 6. The molecule has 1 heterocycles. The SMILES string of the molecule is CCc1nnc(SCC(=O)O)n1C(CC(C)C)C(=O)OC. The summed E-state index contributed by atoms with van der Waals surface area (Å²) in [7, 11) is 1.34. The van der Waals surface area contributed by atoms with Crippen LogP contribution in [0.5, 0.6) is 0 Å². The summed E-state index contributed by atoms with van der Waals surface area (Å²) in [4.78, 5) is 22.8. The van der Waals surface area contributed by atoms with Gasteiger partial charge in [-0.25, -0.2) is 4.79 Å². The smallest absolute Gasteiger partial charge is 0.328 e. The van der Waals surface area contributed by atoms with Gasteiger partial charge in [0, 0.05) is 6.42 Å². The molecule has 118 valence electrons. The van der Waals surface area contributed by atoms with E-state index in [1.165, 1.54) is 7.11 Å². The summed E-state index contributed by atoms with van der Waals surface area (Å²) in [6.07, 6.45) is 1.19. The molecule has 1 aromatic rings. The molecule has 0 amide bonds. The van der Waals surface area contributed by atoms with E-state index in [2.05, 4.69) is 10.2 Å². The number of nitrogens with zero attached hydrogens (tertiary/aromatic N) is 3. The minimum absolute atomic E-state index is 0.128. The topological polar surface area (TPSA) is 94.3 Å². The van der Waals surface area contributed by atoms with Crippen molar-refractivity contribution in [3.63, 3.8) is 0 Å². The Morgan fingerprint density at radius 2 is 2.05 bits per heavy atom. The lowest BCUT2D eigenvalue weighted by molar-refractivity contribution is -0.145. The zero-order valence-electron chi connectivity index (χ0n) is 12.7. The molecule has 0 aromatic carbocycles. The second-order valence-corrected chi connectivity index (χ2v) is 5.92. The van der Waals surface area contributed by atoms with Crippen molar-refractivity contribution in [1.29, 1.82) is 0 Å². The van der Waals surface area contributed by atoms with Crippen LogP contribution in [0.15, 0.2) is 5.16 Å². The third-order valence-electron chi connectivity index (χ3n) is 2.86. The number of aromatic nitrogens is 3. The number of carboxylic acid groups (broad SMARTS) is 1. The van der Waals surface area contributed by atoms with E-state index in [9.17, 15) is 9.59 Å². The lowest BCUT2D eigenvalue weighted by Gasteiger charge is -2.21. The van der Waals surface area contributed by atoms with Crippen LogP contribution in [0.3, 0.4) is 0 Å². The lowest BCUT2D eigenvalue weighted by Crippen LogP contribution is -2.25. The summed E-state index contributed by atoms with van der Waals surface area (Å²) in [6.45, 7) is 5.93. The molecule has 0 saturated carbocycles. The quantitative estimate of drug-likeness (QED) is 0.577. The minimum Gasteiger partial charge on any atom is -0.481 e. The summed E-state index contributed by atoms with van der Waals surface area (Å²) in [5.74, 6) is -0.504. The number of aliphatic carboxylic acids is 1. The van der Waals surface area contributed by atoms with Gasteiger partial charge < -0.3 is 9.84 Å². The Balaban J connectivity index is 3.16. The number of methoxy groups -OCH3 is 1. The van der Waals surface area contributed by atoms with E-state index in [0.29, 0.717) is 23.8 Å². The highest BCUT2D eigenvalue weighted by Crippen LogP contribution is 2.27. The zero-order valence-corrected chi connectivity index (χ0v) is 13.5. The summed E-state index contributed by atoms with van der Waals surface area (Å²) in [5, 5.41) is 17.3. The van der Waals surface area contributed by atoms with Gasteiger partial charge in [-0.1, -0.05) is 32.5 Å². The normalized spacial score (nSPS) is 12.4. The van der Waals surface area contributed by atoms with E-state index in [4.69, 9.17) is 9.84 Å². The number of ether oxygens (including phenoxy) is 1. The zero-order chi connectivity index (χ0) is 16.0. The third-order valence-corrected chi connectivity index (χ3v) is 3.78. The number of aryl methyl sites for hydroxylation is 1. The van der Waals surface area contributed by atoms with E-state index >= 15 is 0 Å². The Hall–Kier alpha value is -1.57. The Morgan fingerprint density at radius 1 is 1.38 bits per heavy atom. The summed E-state index contributed by atoms with van der Waals surface area (Å²) in [6, 6.07) is -0.531. The molecule has 21 heavy (non-hydrogen) atoms. The summed E-state index contributed by atoms with van der Waals surface area (Å²) >= 11 is 1.06. The Labute approximate surface area is 128 Å². The third kappa shape index (κ3) is 4.73. The molecule has 1 unspecified atom stereocenters. The lowest BCUT2D eigenvalue weighted by atomic mass is 10.0. The fourth-order valence-electron chi connectivity index (χ4n) is 1.98. The van der Waals surface area contributed by atoms with Crippen molar-refractivity contribution in [3.05, 3.63) is 5.82 Å². The van der Waals surface area contributed by atoms with Crippen LogP contribution >= 0.6 is 11.8 Å². The average Bonchev–Trinajstić information content (AvgIpc) is 2.84. The van der Waals surface area contributed by atoms with Gasteiger partial charge in [0.1, 0.15) is 11.9 Å². The highest BCUT2D eigenvalue weighted by molar-refractivity contribution is 7.99. The number of carbonyl (C=O) groups is 2. The predicted molar refractivity (Wildman–Crippen MR) is 78.3 cm³/mol. The first-order chi connectivity index (χ1) is 9.90. The van der Waals surface area contributed by atoms with Crippen molar-refractivity contribution in [3.8, 4) is 0 Å². The molecular formula is C13H21N3O4S. The van der Waals surface area contributed by atoms with Crippen LogP contribution in [0.2, 0.25) is 0 Å². The van der Waals surface area contributed by atoms with Gasteiger partial charge in [0.15, 0.2) is 5.16 Å². The van der Waals surface area contributed by atoms with Crippen LogP contribution in [-0.4, -0.2) is 44.7 Å². The van der Waals surface area contributed by atoms with E-state index in [1.807, 2.05) is 20.8 Å². The average molecular weight is 315 g/mol. The molecule has 1 rings (SSSR count). The van der Waals surface area contributed by atoms with Crippen LogP contribution in [0.4, 0.5) is 0 Å². The van der Waals surface area contributed by atoms with Gasteiger partial charge in [0.2, 0.25) is 0 Å². The number of hydrogen-bond donors (Lipinski definition) is 1. The van der Waals surface area contributed by atoms with E-state index in [1.54, 1.807) is 4.57 Å². The van der Waals surface area contributed by atoms with Gasteiger partial charge in [-0.3, -0.25) is 9.36 Å². The minimum atomic E-state index is -0.939. The number of carbonyl (C=O) groups excluding carboxylic acids is 1. The molecule has 1 N–H and O–H groups in total. The number of rotatable bonds is 8. The molecule has 0 fully saturated rings. The molecule has 0 aliphatic heterocycles. The summed E-state index contributed by atoms with van der Waals surface area (Å²) in [5.41, 5.74) is 0. The molecular weight excluding hydrogens is 294 g/mol. The maximum atomic E-state index is 12.1. The highest BCUT2D eigenvalue weighted by Gasteiger charge is 2.28. The van der Waals surface area contributed by atoms with Gasteiger partial charge >= 0.3 is 11.9 Å². The molecule has 8 heteroatoms. The van der Waals surface area contributed by atoms with Crippen LogP contribution in [-0.2, 0) is 20.7 Å². The first-order valence-electron chi connectivity index (χ1n) is 6.76. The van der Waals surface area contributed by atoms with Crippen LogP contribution in [0, 0.1) is 5.92 Å². The van der Waals surface area contributed by atoms with Crippen molar-refractivity contribution >= 4 is 23.7 Å². The van der Waals surface area contributed by atoms with Gasteiger partial charge in [-0.2, -0.15) is 0 Å². The Bertz CT molecular complexity index is 502. The van der Waals surface area contributed by atoms with Crippen molar-refractivity contribution in [2.24, 2.45) is 5.92 Å². The van der Waals surface area contributed by atoms with E-state index in [-0.39, 0.29) is 17.6 Å². The second kappa shape index (κ2) is 8.02. The van der Waals surface area contributed by atoms with Crippen molar-refractivity contribution < 1.29 is 19.4 Å². The summed E-state index contributed by atoms with van der Waals surface area (Å²) < 4.78 is 6.58. The number of thioether (sulfide) groups is 1. The highest BCUT2D eigenvalue weighted by atomic mass is 32.2. The van der Waals surface area contributed by atoms with E-state index in [0.717, 1.165) is 11.8 Å². The van der Waals surface area contributed by atoms with Crippen molar-refractivity contribution in [2.75, 3.05) is 12.9 Å².